The molecule has 3 N–H and O–H groups in total. The first-order valence-corrected chi connectivity index (χ1v) is 12.2. The van der Waals surface area contributed by atoms with Crippen LogP contribution < -0.4 is 16.0 Å². The molecule has 6 bridgehead atoms. The topological polar surface area (TPSA) is 91.8 Å². The summed E-state index contributed by atoms with van der Waals surface area (Å²) in [5.74, 6) is 0.667. The maximum atomic E-state index is 13.0. The van der Waals surface area contributed by atoms with Gasteiger partial charge in [-0.25, -0.2) is 9.97 Å². The fourth-order valence-electron chi connectivity index (χ4n) is 4.01. The van der Waals surface area contributed by atoms with Crippen LogP contribution in [0, 0.1) is 0 Å². The first kappa shape index (κ1) is 21.5. The molecule has 0 spiro atoms. The lowest BCUT2D eigenvalue weighted by Gasteiger charge is -2.13. The molecule has 172 valence electrons. The lowest BCUT2D eigenvalue weighted by Crippen LogP contribution is -2.12. The predicted molar refractivity (Wildman–Crippen MR) is 141 cm³/mol. The molecule has 2 aromatic heterocycles. The molecule has 3 aromatic carbocycles. The third-order valence-electron chi connectivity index (χ3n) is 5.63. The van der Waals surface area contributed by atoms with Gasteiger partial charge in [0.25, 0.3) is 5.91 Å². The van der Waals surface area contributed by atoms with E-state index in [0.717, 1.165) is 40.0 Å². The minimum Gasteiger partial charge on any atom is -0.339 e. The highest BCUT2D eigenvalue weighted by Gasteiger charge is 2.15. The number of hydrogen-bond acceptors (Lipinski definition) is 7. The van der Waals surface area contributed by atoms with Gasteiger partial charge in [0.1, 0.15) is 5.02 Å². The van der Waals surface area contributed by atoms with Crippen molar-refractivity contribution in [2.24, 2.45) is 0 Å². The van der Waals surface area contributed by atoms with Crippen molar-refractivity contribution in [1.29, 1.82) is 0 Å². The Bertz CT molecular complexity index is 1550. The zero-order chi connectivity index (χ0) is 23.8. The summed E-state index contributed by atoms with van der Waals surface area (Å²) in [5, 5.41) is 10.3. The predicted octanol–water partition coefficient (Wildman–Crippen LogP) is 6.58. The highest BCUT2D eigenvalue weighted by atomic mass is 35.5. The van der Waals surface area contributed by atoms with Gasteiger partial charge in [-0.15, -0.1) is 11.3 Å². The molecule has 6 rings (SSSR count). The third kappa shape index (κ3) is 4.66. The van der Waals surface area contributed by atoms with Gasteiger partial charge in [-0.1, -0.05) is 35.9 Å². The van der Waals surface area contributed by atoms with Crippen molar-refractivity contribution in [3.05, 3.63) is 94.1 Å². The summed E-state index contributed by atoms with van der Waals surface area (Å²) in [5.41, 5.74) is 5.40. The third-order valence-corrected chi connectivity index (χ3v) is 6.94. The van der Waals surface area contributed by atoms with Crippen LogP contribution >= 0.6 is 22.9 Å². The second-order valence-corrected chi connectivity index (χ2v) is 9.64. The molecule has 0 aliphatic carbocycles. The van der Waals surface area contributed by atoms with Crippen LogP contribution in [0.2, 0.25) is 5.02 Å². The summed E-state index contributed by atoms with van der Waals surface area (Å²) in [6, 6.07) is 21.8. The molecule has 1 amide bonds. The Kier molecular flexibility index (Phi) is 5.52. The van der Waals surface area contributed by atoms with Gasteiger partial charge in [0.2, 0.25) is 5.95 Å². The molecule has 0 fully saturated rings. The molecular weight excluding hydrogens is 480 g/mol. The average molecular weight is 499 g/mol. The quantitative estimate of drug-likeness (QED) is 0.254. The Hall–Kier alpha value is -4.01. The number of thiazole rings is 1. The van der Waals surface area contributed by atoms with Gasteiger partial charge in [-0.3, -0.25) is 4.79 Å². The van der Waals surface area contributed by atoms with Crippen LogP contribution in [0.1, 0.15) is 20.9 Å². The summed E-state index contributed by atoms with van der Waals surface area (Å²) in [7, 11) is 0. The Morgan fingerprint density at radius 2 is 1.77 bits per heavy atom. The fraction of sp³-hybridized carbons (Fsp3) is 0.0769. The minimum absolute atomic E-state index is 0.244. The van der Waals surface area contributed by atoms with Crippen LogP contribution in [0.4, 0.5) is 28.8 Å². The summed E-state index contributed by atoms with van der Waals surface area (Å²) in [6.45, 7) is 0. The molecule has 0 unspecified atom stereocenters. The summed E-state index contributed by atoms with van der Waals surface area (Å²) in [4.78, 5) is 26.3. The molecule has 1 aliphatic rings. The van der Waals surface area contributed by atoms with Gasteiger partial charge in [-0.2, -0.15) is 4.98 Å². The highest BCUT2D eigenvalue weighted by molar-refractivity contribution is 7.20. The molecule has 0 saturated heterocycles. The maximum Gasteiger partial charge on any atom is 0.284 e. The number of carbonyl (C=O) groups is 1. The van der Waals surface area contributed by atoms with Gasteiger partial charge < -0.3 is 16.0 Å². The van der Waals surface area contributed by atoms with Crippen LogP contribution in [0.15, 0.2) is 72.9 Å². The Labute approximate surface area is 210 Å². The van der Waals surface area contributed by atoms with Crippen molar-refractivity contribution < 1.29 is 4.79 Å². The van der Waals surface area contributed by atoms with E-state index in [1.54, 1.807) is 6.20 Å². The highest BCUT2D eigenvalue weighted by Crippen LogP contribution is 2.30. The molecule has 0 saturated carbocycles. The van der Waals surface area contributed by atoms with Gasteiger partial charge in [-0.05, 0) is 66.4 Å². The average Bonchev–Trinajstić information content (AvgIpc) is 3.29. The maximum absolute atomic E-state index is 13.0. The van der Waals surface area contributed by atoms with Crippen molar-refractivity contribution in [1.82, 2.24) is 15.0 Å². The van der Waals surface area contributed by atoms with E-state index in [-0.39, 0.29) is 5.91 Å². The second-order valence-electron chi connectivity index (χ2n) is 8.20. The molecule has 3 heterocycles. The number of rotatable bonds is 2. The number of carbonyl (C=O) groups excluding carboxylic acids is 1. The number of amides is 1. The SMILES string of the molecule is O=C(Nc1cc2cc(c1)Nc1nc(ncc1Cl)Nc1cccc(c1)CC2)c1nc2ccccc2s1. The van der Waals surface area contributed by atoms with Crippen LogP contribution in [0.25, 0.3) is 10.2 Å². The largest absolute Gasteiger partial charge is 0.339 e. The van der Waals surface area contributed by atoms with Crippen LogP contribution in [0.5, 0.6) is 0 Å². The smallest absolute Gasteiger partial charge is 0.284 e. The standard InChI is InChI=1S/C26H19ClN6OS/c27-20-14-28-26-31-17-5-3-4-15(10-17)8-9-16-11-18(29-23(20)33-26)13-19(12-16)30-24(34)25-32-21-6-1-2-7-22(21)35-25/h1-7,10-14H,8-9H2,(H,30,34)(H2,28,29,31,33). The number of aryl methyl sites for hydroxylation is 2. The fourth-order valence-corrected chi connectivity index (χ4v) is 5.01. The number of fused-ring (bicyclic) bond motifs is 7. The van der Waals surface area contributed by atoms with Crippen molar-refractivity contribution in [3.8, 4) is 0 Å². The Morgan fingerprint density at radius 3 is 2.69 bits per heavy atom. The molecule has 5 aromatic rings. The number of benzene rings is 3. The van der Waals surface area contributed by atoms with Crippen molar-refractivity contribution in [2.45, 2.75) is 12.8 Å². The number of aromatic nitrogens is 3. The van der Waals surface area contributed by atoms with E-state index in [2.05, 4.69) is 43.0 Å². The second kappa shape index (κ2) is 8.98. The molecule has 9 heteroatoms. The monoisotopic (exact) mass is 498 g/mol. The minimum atomic E-state index is -0.244. The van der Waals surface area contributed by atoms with Gasteiger partial charge in [0.05, 0.1) is 16.4 Å². The normalized spacial score (nSPS) is 12.5. The molecule has 1 aliphatic heterocycles. The van der Waals surface area contributed by atoms with Gasteiger partial charge in [0.15, 0.2) is 10.8 Å². The summed E-state index contributed by atoms with van der Waals surface area (Å²) >= 11 is 7.76. The van der Waals surface area contributed by atoms with E-state index in [1.807, 2.05) is 54.6 Å². The molecule has 35 heavy (non-hydrogen) atoms. The van der Waals surface area contributed by atoms with Crippen molar-refractivity contribution >= 4 is 67.9 Å². The molecule has 0 atom stereocenters. The van der Waals surface area contributed by atoms with Gasteiger partial charge in [0, 0.05) is 17.1 Å². The lowest BCUT2D eigenvalue weighted by molar-refractivity contribution is 0.102. The van der Waals surface area contributed by atoms with E-state index in [1.165, 1.54) is 16.9 Å². The Balaban J connectivity index is 1.36. The van der Waals surface area contributed by atoms with E-state index in [0.29, 0.717) is 27.5 Å². The van der Waals surface area contributed by atoms with Gasteiger partial charge >= 0.3 is 0 Å². The first-order valence-electron chi connectivity index (χ1n) is 11.1. The summed E-state index contributed by atoms with van der Waals surface area (Å²) in [6.07, 6.45) is 3.19. The zero-order valence-electron chi connectivity index (χ0n) is 18.4. The summed E-state index contributed by atoms with van der Waals surface area (Å²) < 4.78 is 0.976. The van der Waals surface area contributed by atoms with Crippen molar-refractivity contribution in [2.75, 3.05) is 16.0 Å². The lowest BCUT2D eigenvalue weighted by atomic mass is 10.0. The molecule has 7 nitrogen and oxygen atoms in total. The van der Waals surface area contributed by atoms with E-state index in [4.69, 9.17) is 11.6 Å². The zero-order valence-corrected chi connectivity index (χ0v) is 20.0. The first-order chi connectivity index (χ1) is 17.1. The number of nitrogens with zero attached hydrogens (tertiary/aromatic N) is 3. The van der Waals surface area contributed by atoms with Crippen LogP contribution in [0.3, 0.4) is 0 Å². The molecular formula is C26H19ClN6OS. The number of halogens is 1. The van der Waals surface area contributed by atoms with E-state index >= 15 is 0 Å². The van der Waals surface area contributed by atoms with Crippen molar-refractivity contribution in [3.63, 3.8) is 0 Å². The Morgan fingerprint density at radius 1 is 0.914 bits per heavy atom. The number of hydrogen-bond donors (Lipinski definition) is 3. The molecule has 0 radical (unpaired) electrons. The number of nitrogens with one attached hydrogen (secondary N) is 3. The van der Waals surface area contributed by atoms with E-state index in [9.17, 15) is 4.79 Å². The van der Waals surface area contributed by atoms with Crippen LogP contribution in [-0.2, 0) is 12.8 Å². The van der Waals surface area contributed by atoms with E-state index < -0.39 is 0 Å². The number of para-hydroxylation sites is 1. The van der Waals surface area contributed by atoms with Crippen LogP contribution in [-0.4, -0.2) is 20.9 Å². The number of anilines is 5.